The molecule has 6 heteroatoms. The first-order chi connectivity index (χ1) is 8.04. The summed E-state index contributed by atoms with van der Waals surface area (Å²) in [5, 5.41) is 19.8. The number of hydrogen-bond donors (Lipinski definition) is 3. The Hall–Kier alpha value is -1.95. The molecular weight excluding hydrogens is 224 g/mol. The van der Waals surface area contributed by atoms with Gasteiger partial charge in [0, 0.05) is 25.4 Å². The number of rotatable bonds is 5. The van der Waals surface area contributed by atoms with Crippen molar-refractivity contribution in [3.8, 4) is 0 Å². The van der Waals surface area contributed by atoms with Gasteiger partial charge in [-0.3, -0.25) is 9.78 Å². The van der Waals surface area contributed by atoms with E-state index in [1.807, 2.05) is 0 Å². The minimum Gasteiger partial charge on any atom is -0.480 e. The molecule has 3 N–H and O–H groups in total. The predicted octanol–water partition coefficient (Wildman–Crippen LogP) is -0.0446. The van der Waals surface area contributed by atoms with E-state index in [1.54, 1.807) is 19.2 Å². The number of aryl methyl sites for hydroxylation is 1. The molecule has 1 aromatic rings. The number of aromatic nitrogens is 1. The molecule has 1 aromatic heterocycles. The normalized spacial score (nSPS) is 11.9. The molecule has 0 saturated heterocycles. The molecule has 0 aliphatic carbocycles. The third-order valence-electron chi connectivity index (χ3n) is 2.16. The Labute approximate surface area is 98.3 Å². The molecule has 0 aromatic carbocycles. The standard InChI is InChI=1S/C11H14N2O4/c1-7-4-8(6-12-5-7)10(15)13-9(2-3-14)11(16)17/h4-6,9,14H,2-3H2,1H3,(H,13,15)(H,16,17)/t9-/m0/s1. The van der Waals surface area contributed by atoms with E-state index < -0.39 is 17.9 Å². The maximum atomic E-state index is 11.7. The van der Waals surface area contributed by atoms with Crippen molar-refractivity contribution in [1.82, 2.24) is 10.3 Å². The van der Waals surface area contributed by atoms with E-state index in [0.29, 0.717) is 5.56 Å². The van der Waals surface area contributed by atoms with Crippen LogP contribution in [0.25, 0.3) is 0 Å². The lowest BCUT2D eigenvalue weighted by Gasteiger charge is -2.13. The van der Waals surface area contributed by atoms with Crippen LogP contribution in [0.5, 0.6) is 0 Å². The lowest BCUT2D eigenvalue weighted by Crippen LogP contribution is -2.41. The van der Waals surface area contributed by atoms with Gasteiger partial charge in [0.25, 0.3) is 5.91 Å². The number of carboxylic acids is 1. The van der Waals surface area contributed by atoms with Gasteiger partial charge >= 0.3 is 5.97 Å². The molecule has 0 fully saturated rings. The number of amides is 1. The molecule has 0 radical (unpaired) electrons. The molecule has 0 aliphatic heterocycles. The number of carbonyl (C=O) groups excluding carboxylic acids is 1. The van der Waals surface area contributed by atoms with Gasteiger partial charge in [-0.15, -0.1) is 0 Å². The van der Waals surface area contributed by atoms with Crippen LogP contribution in [0.1, 0.15) is 22.3 Å². The number of hydrogen-bond acceptors (Lipinski definition) is 4. The van der Waals surface area contributed by atoms with Crippen LogP contribution in [-0.4, -0.2) is 39.7 Å². The Bertz CT molecular complexity index is 420. The van der Waals surface area contributed by atoms with Crippen molar-refractivity contribution < 1.29 is 19.8 Å². The third kappa shape index (κ3) is 3.84. The van der Waals surface area contributed by atoms with Gasteiger partial charge in [0.2, 0.25) is 0 Å². The monoisotopic (exact) mass is 238 g/mol. The molecule has 17 heavy (non-hydrogen) atoms. The zero-order chi connectivity index (χ0) is 12.8. The minimum absolute atomic E-state index is 0.0275. The smallest absolute Gasteiger partial charge is 0.326 e. The van der Waals surface area contributed by atoms with E-state index >= 15 is 0 Å². The van der Waals surface area contributed by atoms with E-state index in [-0.39, 0.29) is 13.0 Å². The van der Waals surface area contributed by atoms with Crippen LogP contribution < -0.4 is 5.32 Å². The SMILES string of the molecule is Cc1cncc(C(=O)N[C@@H](CCO)C(=O)O)c1. The van der Waals surface area contributed by atoms with E-state index in [2.05, 4.69) is 10.3 Å². The molecule has 1 atom stereocenters. The number of aliphatic carboxylic acids is 1. The van der Waals surface area contributed by atoms with Gasteiger partial charge in [-0.2, -0.15) is 0 Å². The molecule has 0 aliphatic rings. The highest BCUT2D eigenvalue weighted by molar-refractivity contribution is 5.96. The molecule has 0 unspecified atom stereocenters. The molecular formula is C11H14N2O4. The Morgan fingerprint density at radius 2 is 2.18 bits per heavy atom. The fraction of sp³-hybridized carbons (Fsp3) is 0.364. The summed E-state index contributed by atoms with van der Waals surface area (Å²) in [6, 6.07) is 0.521. The number of nitrogens with zero attached hydrogens (tertiary/aromatic N) is 1. The molecule has 0 saturated carbocycles. The first kappa shape index (κ1) is 13.1. The zero-order valence-electron chi connectivity index (χ0n) is 9.38. The highest BCUT2D eigenvalue weighted by atomic mass is 16.4. The van der Waals surface area contributed by atoms with Gasteiger partial charge in [0.15, 0.2) is 0 Å². The average molecular weight is 238 g/mol. The van der Waals surface area contributed by atoms with E-state index in [4.69, 9.17) is 10.2 Å². The van der Waals surface area contributed by atoms with Gasteiger partial charge in [-0.1, -0.05) is 0 Å². The fourth-order valence-corrected chi connectivity index (χ4v) is 1.31. The highest BCUT2D eigenvalue weighted by Gasteiger charge is 2.20. The van der Waals surface area contributed by atoms with Gasteiger partial charge in [-0.05, 0) is 18.6 Å². The van der Waals surface area contributed by atoms with E-state index in [1.165, 1.54) is 6.20 Å². The summed E-state index contributed by atoms with van der Waals surface area (Å²) in [6.07, 6.45) is 2.93. The van der Waals surface area contributed by atoms with Crippen LogP contribution in [-0.2, 0) is 4.79 Å². The molecule has 6 nitrogen and oxygen atoms in total. The van der Waals surface area contributed by atoms with Crippen molar-refractivity contribution in [2.75, 3.05) is 6.61 Å². The molecule has 0 spiro atoms. The van der Waals surface area contributed by atoms with Crippen LogP contribution in [0, 0.1) is 6.92 Å². The first-order valence-electron chi connectivity index (χ1n) is 5.10. The second-order valence-electron chi connectivity index (χ2n) is 3.63. The second kappa shape index (κ2) is 5.95. The Morgan fingerprint density at radius 3 is 2.71 bits per heavy atom. The number of aliphatic hydroxyl groups excluding tert-OH is 1. The fourth-order valence-electron chi connectivity index (χ4n) is 1.31. The quantitative estimate of drug-likeness (QED) is 0.668. The maximum absolute atomic E-state index is 11.7. The van der Waals surface area contributed by atoms with E-state index in [9.17, 15) is 9.59 Å². The summed E-state index contributed by atoms with van der Waals surface area (Å²) >= 11 is 0. The molecule has 1 amide bonds. The van der Waals surface area contributed by atoms with Gasteiger partial charge in [-0.25, -0.2) is 4.79 Å². The van der Waals surface area contributed by atoms with Crippen molar-refractivity contribution in [2.45, 2.75) is 19.4 Å². The van der Waals surface area contributed by atoms with Crippen molar-refractivity contribution >= 4 is 11.9 Å². The Balaban J connectivity index is 2.73. The molecule has 1 rings (SSSR count). The largest absolute Gasteiger partial charge is 0.480 e. The number of nitrogens with one attached hydrogen (secondary N) is 1. The van der Waals surface area contributed by atoms with Crippen LogP contribution in [0.4, 0.5) is 0 Å². The van der Waals surface area contributed by atoms with Crippen molar-refractivity contribution in [3.05, 3.63) is 29.6 Å². The van der Waals surface area contributed by atoms with Crippen LogP contribution >= 0.6 is 0 Å². The number of aliphatic hydroxyl groups is 1. The average Bonchev–Trinajstić information content (AvgIpc) is 2.28. The summed E-state index contributed by atoms with van der Waals surface area (Å²) in [4.78, 5) is 26.3. The number of carboxylic acid groups (broad SMARTS) is 1. The summed E-state index contributed by atoms with van der Waals surface area (Å²) in [5.41, 5.74) is 1.11. The Kier molecular flexibility index (Phi) is 4.59. The molecule has 0 bridgehead atoms. The van der Waals surface area contributed by atoms with E-state index in [0.717, 1.165) is 5.56 Å². The van der Waals surface area contributed by atoms with Crippen LogP contribution in [0.3, 0.4) is 0 Å². The summed E-state index contributed by atoms with van der Waals surface area (Å²) < 4.78 is 0. The van der Waals surface area contributed by atoms with Gasteiger partial charge < -0.3 is 15.5 Å². The topological polar surface area (TPSA) is 99.5 Å². The summed E-state index contributed by atoms with van der Waals surface area (Å²) in [7, 11) is 0. The Morgan fingerprint density at radius 1 is 1.47 bits per heavy atom. The minimum atomic E-state index is -1.17. The predicted molar refractivity (Wildman–Crippen MR) is 59.6 cm³/mol. The van der Waals surface area contributed by atoms with Gasteiger partial charge in [0.1, 0.15) is 6.04 Å². The summed E-state index contributed by atoms with van der Waals surface area (Å²) in [6.45, 7) is 1.48. The second-order valence-corrected chi connectivity index (χ2v) is 3.63. The third-order valence-corrected chi connectivity index (χ3v) is 2.16. The molecule has 92 valence electrons. The summed E-state index contributed by atoms with van der Waals surface area (Å²) in [5.74, 6) is -1.69. The van der Waals surface area contributed by atoms with Gasteiger partial charge in [0.05, 0.1) is 5.56 Å². The number of carbonyl (C=O) groups is 2. The van der Waals surface area contributed by atoms with Crippen molar-refractivity contribution in [3.63, 3.8) is 0 Å². The number of pyridine rings is 1. The van der Waals surface area contributed by atoms with Crippen molar-refractivity contribution in [1.29, 1.82) is 0 Å². The highest BCUT2D eigenvalue weighted by Crippen LogP contribution is 2.02. The van der Waals surface area contributed by atoms with Crippen molar-refractivity contribution in [2.24, 2.45) is 0 Å². The van der Waals surface area contributed by atoms with Crippen LogP contribution in [0.2, 0.25) is 0 Å². The lowest BCUT2D eigenvalue weighted by molar-refractivity contribution is -0.139. The first-order valence-corrected chi connectivity index (χ1v) is 5.10. The maximum Gasteiger partial charge on any atom is 0.326 e. The lowest BCUT2D eigenvalue weighted by atomic mass is 10.1. The molecule has 1 heterocycles. The van der Waals surface area contributed by atoms with Crippen LogP contribution in [0.15, 0.2) is 18.5 Å². The zero-order valence-corrected chi connectivity index (χ0v) is 9.38.